The summed E-state index contributed by atoms with van der Waals surface area (Å²) in [5.74, 6) is 0. The summed E-state index contributed by atoms with van der Waals surface area (Å²) in [7, 11) is 4.34. The van der Waals surface area contributed by atoms with Gasteiger partial charge < -0.3 is 14.5 Å². The van der Waals surface area contributed by atoms with Gasteiger partial charge in [0.05, 0.1) is 6.61 Å². The Morgan fingerprint density at radius 2 is 2.10 bits per heavy atom. The van der Waals surface area contributed by atoms with Crippen LogP contribution in [-0.4, -0.2) is 55.7 Å². The van der Waals surface area contributed by atoms with Crippen LogP contribution in [0.4, 0.5) is 4.79 Å². The highest BCUT2D eigenvalue weighted by Crippen LogP contribution is 2.53. The molecule has 2 aliphatic rings. The molecule has 0 spiro atoms. The zero-order valence-corrected chi connectivity index (χ0v) is 14.4. The molecule has 2 unspecified atom stereocenters. The van der Waals surface area contributed by atoms with Crippen LogP contribution in [-0.2, 0) is 4.74 Å². The molecule has 1 saturated carbocycles. The van der Waals surface area contributed by atoms with Gasteiger partial charge in [-0.05, 0) is 33.9 Å². The minimum atomic E-state index is -0.179. The molecule has 0 radical (unpaired) electrons. The lowest BCUT2D eigenvalue weighted by Gasteiger charge is -2.55. The zero-order chi connectivity index (χ0) is 15.8. The molecule has 0 N–H and O–H groups in total. The van der Waals surface area contributed by atoms with E-state index in [2.05, 4.69) is 45.8 Å². The molecule has 1 heterocycles. The van der Waals surface area contributed by atoms with Gasteiger partial charge in [-0.2, -0.15) is 0 Å². The fourth-order valence-corrected chi connectivity index (χ4v) is 4.53. The number of fused-ring (bicyclic) bond motifs is 1. The summed E-state index contributed by atoms with van der Waals surface area (Å²) < 4.78 is 5.17. The molecular weight excluding hydrogens is 264 g/mol. The van der Waals surface area contributed by atoms with E-state index >= 15 is 0 Å². The van der Waals surface area contributed by atoms with Crippen molar-refractivity contribution in [2.45, 2.75) is 46.6 Å². The van der Waals surface area contributed by atoms with Crippen molar-refractivity contribution in [3.8, 4) is 0 Å². The van der Waals surface area contributed by atoms with Crippen molar-refractivity contribution in [3.05, 3.63) is 11.6 Å². The maximum absolute atomic E-state index is 12.0. The van der Waals surface area contributed by atoms with Crippen LogP contribution < -0.4 is 0 Å². The average molecular weight is 294 g/mol. The van der Waals surface area contributed by atoms with Crippen LogP contribution in [0.25, 0.3) is 0 Å². The Bertz CT molecular complexity index is 442. The first-order valence-electron chi connectivity index (χ1n) is 8.01. The monoisotopic (exact) mass is 294 g/mol. The summed E-state index contributed by atoms with van der Waals surface area (Å²) >= 11 is 0. The molecule has 2 atom stereocenters. The topological polar surface area (TPSA) is 32.8 Å². The van der Waals surface area contributed by atoms with Crippen LogP contribution in [0.5, 0.6) is 0 Å². The van der Waals surface area contributed by atoms with Gasteiger partial charge in [0, 0.05) is 30.0 Å². The van der Waals surface area contributed by atoms with Gasteiger partial charge in [-0.3, -0.25) is 0 Å². The summed E-state index contributed by atoms with van der Waals surface area (Å²) in [5.41, 5.74) is 1.75. The normalized spacial score (nSPS) is 31.7. The van der Waals surface area contributed by atoms with Crippen LogP contribution in [0.2, 0.25) is 0 Å². The summed E-state index contributed by atoms with van der Waals surface area (Å²) in [6.07, 6.45) is 4.39. The standard InChI is InChI=1S/C17H30N2O2/c1-7-21-15(20)19-11-9-13-16(2,3)14(18(5)6)8-10-17(13,4)12-19/h9,14H,7-8,10-12H2,1-6H3. The van der Waals surface area contributed by atoms with Crippen molar-refractivity contribution in [1.82, 2.24) is 9.80 Å². The maximum atomic E-state index is 12.0. The first-order chi connectivity index (χ1) is 9.72. The molecule has 0 aromatic heterocycles. The fourth-order valence-electron chi connectivity index (χ4n) is 4.53. The number of hydrogen-bond donors (Lipinski definition) is 0. The lowest BCUT2D eigenvalue weighted by Crippen LogP contribution is -2.55. The minimum Gasteiger partial charge on any atom is -0.450 e. The molecule has 0 aromatic rings. The van der Waals surface area contributed by atoms with Gasteiger partial charge in [0.25, 0.3) is 0 Å². The number of carbonyl (C=O) groups excluding carboxylic acids is 1. The maximum Gasteiger partial charge on any atom is 0.410 e. The molecule has 2 rings (SSSR count). The number of carbonyl (C=O) groups is 1. The largest absolute Gasteiger partial charge is 0.450 e. The lowest BCUT2D eigenvalue weighted by atomic mass is 9.57. The fraction of sp³-hybridized carbons (Fsp3) is 0.824. The number of nitrogens with zero attached hydrogens (tertiary/aromatic N) is 2. The average Bonchev–Trinajstić information content (AvgIpc) is 2.37. The lowest BCUT2D eigenvalue weighted by molar-refractivity contribution is 0.0425. The second-order valence-electron chi connectivity index (χ2n) is 7.50. The van der Waals surface area contributed by atoms with Crippen LogP contribution in [0.1, 0.15) is 40.5 Å². The van der Waals surface area contributed by atoms with Gasteiger partial charge in [-0.25, -0.2) is 4.79 Å². The molecule has 4 heteroatoms. The number of amides is 1. The summed E-state index contributed by atoms with van der Waals surface area (Å²) in [5, 5.41) is 0. The number of rotatable bonds is 2. The van der Waals surface area contributed by atoms with Crippen molar-refractivity contribution in [2.75, 3.05) is 33.8 Å². The van der Waals surface area contributed by atoms with E-state index in [4.69, 9.17) is 4.74 Å². The zero-order valence-electron chi connectivity index (χ0n) is 14.4. The summed E-state index contributed by atoms with van der Waals surface area (Å²) in [6, 6.07) is 0.561. The predicted octanol–water partition coefficient (Wildman–Crippen LogP) is 3.14. The third-order valence-electron chi connectivity index (χ3n) is 5.35. The SMILES string of the molecule is CCOC(=O)N1CC=C2C(C)(CCC(N(C)C)C2(C)C)C1. The van der Waals surface area contributed by atoms with Crippen LogP contribution >= 0.6 is 0 Å². The van der Waals surface area contributed by atoms with Crippen molar-refractivity contribution >= 4 is 6.09 Å². The van der Waals surface area contributed by atoms with E-state index in [1.54, 1.807) is 0 Å². The van der Waals surface area contributed by atoms with Gasteiger partial charge >= 0.3 is 6.09 Å². The van der Waals surface area contributed by atoms with Crippen molar-refractivity contribution < 1.29 is 9.53 Å². The number of ether oxygens (including phenoxy) is 1. The van der Waals surface area contributed by atoms with Crippen LogP contribution in [0, 0.1) is 10.8 Å². The van der Waals surface area contributed by atoms with Gasteiger partial charge in [0.15, 0.2) is 0 Å². The summed E-state index contributed by atoms with van der Waals surface area (Å²) in [4.78, 5) is 16.2. The van der Waals surface area contributed by atoms with E-state index in [0.717, 1.165) is 13.0 Å². The van der Waals surface area contributed by atoms with Gasteiger partial charge in [-0.15, -0.1) is 0 Å². The van der Waals surface area contributed by atoms with Crippen molar-refractivity contribution in [1.29, 1.82) is 0 Å². The highest BCUT2D eigenvalue weighted by molar-refractivity contribution is 5.68. The van der Waals surface area contributed by atoms with E-state index in [0.29, 0.717) is 19.2 Å². The third kappa shape index (κ3) is 2.83. The third-order valence-corrected chi connectivity index (χ3v) is 5.35. The highest BCUT2D eigenvalue weighted by Gasteiger charge is 2.50. The predicted molar refractivity (Wildman–Crippen MR) is 85.3 cm³/mol. The molecule has 4 nitrogen and oxygen atoms in total. The second kappa shape index (κ2) is 5.64. The van der Waals surface area contributed by atoms with E-state index in [-0.39, 0.29) is 16.9 Å². The van der Waals surface area contributed by atoms with Crippen LogP contribution in [0.3, 0.4) is 0 Å². The molecule has 1 aliphatic carbocycles. The second-order valence-corrected chi connectivity index (χ2v) is 7.50. The van der Waals surface area contributed by atoms with E-state index in [9.17, 15) is 4.79 Å². The molecule has 120 valence electrons. The first-order valence-corrected chi connectivity index (χ1v) is 8.01. The van der Waals surface area contributed by atoms with E-state index < -0.39 is 0 Å². The highest BCUT2D eigenvalue weighted by atomic mass is 16.6. The first kappa shape index (κ1) is 16.3. The summed E-state index contributed by atoms with van der Waals surface area (Å²) in [6.45, 7) is 10.8. The molecular formula is C17H30N2O2. The van der Waals surface area contributed by atoms with Gasteiger partial charge in [0.2, 0.25) is 0 Å². The van der Waals surface area contributed by atoms with Crippen molar-refractivity contribution in [2.24, 2.45) is 10.8 Å². The Balaban J connectivity index is 2.26. The Labute approximate surface area is 129 Å². The molecule has 0 aromatic carbocycles. The molecule has 1 fully saturated rings. The van der Waals surface area contributed by atoms with E-state index in [1.165, 1.54) is 12.0 Å². The molecule has 1 amide bonds. The Morgan fingerprint density at radius 3 is 2.67 bits per heavy atom. The molecule has 21 heavy (non-hydrogen) atoms. The molecule has 1 aliphatic heterocycles. The van der Waals surface area contributed by atoms with Crippen LogP contribution in [0.15, 0.2) is 11.6 Å². The number of hydrogen-bond acceptors (Lipinski definition) is 3. The quantitative estimate of drug-likeness (QED) is 0.734. The van der Waals surface area contributed by atoms with Crippen molar-refractivity contribution in [3.63, 3.8) is 0 Å². The molecule has 0 saturated heterocycles. The van der Waals surface area contributed by atoms with Gasteiger partial charge in [0.1, 0.15) is 0 Å². The Kier molecular flexibility index (Phi) is 4.39. The Morgan fingerprint density at radius 1 is 1.43 bits per heavy atom. The van der Waals surface area contributed by atoms with Gasteiger partial charge in [-0.1, -0.05) is 32.4 Å². The minimum absolute atomic E-state index is 0.0843. The molecule has 0 bridgehead atoms. The smallest absolute Gasteiger partial charge is 0.410 e. The van der Waals surface area contributed by atoms with E-state index in [1.807, 2.05) is 11.8 Å². The Hall–Kier alpha value is -1.03.